The molecule has 1 saturated heterocycles. The molecule has 0 saturated carbocycles. The first-order chi connectivity index (χ1) is 8.46. The molecule has 1 aromatic carbocycles. The molecule has 4 nitrogen and oxygen atoms in total. The molecular formula is C14H17NO3. The Morgan fingerprint density at radius 3 is 2.67 bits per heavy atom. The molecule has 18 heavy (non-hydrogen) atoms. The number of benzene rings is 1. The van der Waals surface area contributed by atoms with Crippen molar-refractivity contribution in [1.82, 2.24) is 0 Å². The molecule has 1 aromatic rings. The summed E-state index contributed by atoms with van der Waals surface area (Å²) in [6.45, 7) is 4.51. The van der Waals surface area contributed by atoms with Gasteiger partial charge in [-0.1, -0.05) is 6.07 Å². The van der Waals surface area contributed by atoms with Crippen LogP contribution in [0.1, 0.15) is 30.6 Å². The first-order valence-corrected chi connectivity index (χ1v) is 5.96. The number of anilines is 1. The molecule has 4 heteroatoms. The topological polar surface area (TPSA) is 46.6 Å². The Labute approximate surface area is 107 Å². The summed E-state index contributed by atoms with van der Waals surface area (Å²) >= 11 is 0. The molecule has 0 bridgehead atoms. The van der Waals surface area contributed by atoms with Crippen molar-refractivity contribution in [3.8, 4) is 0 Å². The van der Waals surface area contributed by atoms with Crippen molar-refractivity contribution in [2.24, 2.45) is 0 Å². The fourth-order valence-corrected chi connectivity index (χ4v) is 2.32. The number of hydrogen-bond donors (Lipinski definition) is 0. The minimum absolute atomic E-state index is 0.228. The zero-order chi connectivity index (χ0) is 13.3. The van der Waals surface area contributed by atoms with Crippen LogP contribution in [0.4, 0.5) is 5.69 Å². The molecule has 0 N–H and O–H groups in total. The maximum atomic E-state index is 11.8. The van der Waals surface area contributed by atoms with E-state index in [4.69, 9.17) is 4.74 Å². The van der Waals surface area contributed by atoms with E-state index in [-0.39, 0.29) is 11.8 Å². The van der Waals surface area contributed by atoms with E-state index in [1.165, 1.54) is 7.11 Å². The fraction of sp³-hybridized carbons (Fsp3) is 0.429. The van der Waals surface area contributed by atoms with Crippen LogP contribution in [0.15, 0.2) is 24.3 Å². The van der Waals surface area contributed by atoms with Crippen LogP contribution in [0.5, 0.6) is 0 Å². The van der Waals surface area contributed by atoms with Crippen LogP contribution in [-0.4, -0.2) is 30.9 Å². The summed E-state index contributed by atoms with van der Waals surface area (Å²) in [6.07, 6.45) is 0.551. The van der Waals surface area contributed by atoms with E-state index in [0.29, 0.717) is 18.5 Å². The number of methoxy groups -OCH3 is 1. The molecule has 2 rings (SSSR count). The van der Waals surface area contributed by atoms with Gasteiger partial charge in [0, 0.05) is 18.7 Å². The molecule has 1 fully saturated rings. The first-order valence-electron chi connectivity index (χ1n) is 5.96. The molecule has 0 spiro atoms. The average Bonchev–Trinajstić information content (AvgIpc) is 2.63. The first kappa shape index (κ1) is 12.6. The second kappa shape index (κ2) is 4.44. The average molecular weight is 247 g/mol. The van der Waals surface area contributed by atoms with Gasteiger partial charge < -0.3 is 9.64 Å². The van der Waals surface area contributed by atoms with Gasteiger partial charge in [-0.25, -0.2) is 4.79 Å². The molecule has 0 aromatic heterocycles. The van der Waals surface area contributed by atoms with Crippen molar-refractivity contribution in [2.75, 3.05) is 18.6 Å². The smallest absolute Gasteiger partial charge is 0.337 e. The molecule has 0 atom stereocenters. The second-order valence-electron chi connectivity index (χ2n) is 4.93. The second-order valence-corrected chi connectivity index (χ2v) is 4.93. The third kappa shape index (κ3) is 1.98. The number of carbonyl (C=O) groups is 2. The van der Waals surface area contributed by atoms with E-state index >= 15 is 0 Å². The van der Waals surface area contributed by atoms with Crippen LogP contribution in [-0.2, 0) is 9.53 Å². The van der Waals surface area contributed by atoms with Gasteiger partial charge in [0.05, 0.1) is 18.2 Å². The lowest BCUT2D eigenvalue weighted by Crippen LogP contribution is -2.42. The predicted molar refractivity (Wildman–Crippen MR) is 68.8 cm³/mol. The standard InChI is InChI=1S/C14H17NO3/c1-14(2)12(16)7-8-15(14)11-6-4-5-10(9-11)13(17)18-3/h4-6,9H,7-8H2,1-3H3. The molecule has 96 valence electrons. The Hall–Kier alpha value is -1.84. The lowest BCUT2D eigenvalue weighted by molar-refractivity contribution is -0.120. The van der Waals surface area contributed by atoms with Gasteiger partial charge in [-0.05, 0) is 32.0 Å². The van der Waals surface area contributed by atoms with Crippen LogP contribution in [0.2, 0.25) is 0 Å². The quantitative estimate of drug-likeness (QED) is 0.750. The molecular weight excluding hydrogens is 230 g/mol. The lowest BCUT2D eigenvalue weighted by atomic mass is 10.00. The highest BCUT2D eigenvalue weighted by Gasteiger charge is 2.40. The van der Waals surface area contributed by atoms with E-state index in [1.807, 2.05) is 24.8 Å². The molecule has 1 heterocycles. The van der Waals surface area contributed by atoms with Crippen molar-refractivity contribution in [3.63, 3.8) is 0 Å². The number of esters is 1. The number of nitrogens with zero attached hydrogens (tertiary/aromatic N) is 1. The summed E-state index contributed by atoms with van der Waals surface area (Å²) in [6, 6.07) is 7.19. The SMILES string of the molecule is COC(=O)c1cccc(N2CCC(=O)C2(C)C)c1. The minimum Gasteiger partial charge on any atom is -0.465 e. The zero-order valence-electron chi connectivity index (χ0n) is 10.9. The number of rotatable bonds is 2. The van der Waals surface area contributed by atoms with Gasteiger partial charge >= 0.3 is 5.97 Å². The van der Waals surface area contributed by atoms with E-state index in [1.54, 1.807) is 18.2 Å². The molecule has 1 aliphatic heterocycles. The number of ketones is 1. The maximum absolute atomic E-state index is 11.8. The summed E-state index contributed by atoms with van der Waals surface area (Å²) < 4.78 is 4.70. The zero-order valence-corrected chi connectivity index (χ0v) is 10.9. The summed E-state index contributed by atoms with van der Waals surface area (Å²) in [5.41, 5.74) is 0.883. The summed E-state index contributed by atoms with van der Waals surface area (Å²) in [5.74, 6) is -0.133. The van der Waals surface area contributed by atoms with Crippen LogP contribution in [0.3, 0.4) is 0 Å². The van der Waals surface area contributed by atoms with E-state index in [0.717, 1.165) is 5.69 Å². The highest BCUT2D eigenvalue weighted by Crippen LogP contribution is 2.31. The van der Waals surface area contributed by atoms with Gasteiger partial charge in [0.2, 0.25) is 0 Å². The molecule has 0 unspecified atom stereocenters. The van der Waals surface area contributed by atoms with E-state index in [2.05, 4.69) is 0 Å². The van der Waals surface area contributed by atoms with Gasteiger partial charge in [0.15, 0.2) is 5.78 Å². The van der Waals surface area contributed by atoms with Crippen LogP contribution in [0, 0.1) is 0 Å². The Kier molecular flexibility index (Phi) is 3.11. The van der Waals surface area contributed by atoms with Crippen molar-refractivity contribution < 1.29 is 14.3 Å². The van der Waals surface area contributed by atoms with Gasteiger partial charge in [-0.2, -0.15) is 0 Å². The summed E-state index contributed by atoms with van der Waals surface area (Å²) in [4.78, 5) is 25.3. The normalized spacial score (nSPS) is 17.9. The largest absolute Gasteiger partial charge is 0.465 e. The number of carbonyl (C=O) groups excluding carboxylic acids is 2. The molecule has 0 radical (unpaired) electrons. The Morgan fingerprint density at radius 1 is 1.39 bits per heavy atom. The van der Waals surface area contributed by atoms with Crippen molar-refractivity contribution in [1.29, 1.82) is 0 Å². The Bertz CT molecular complexity index is 494. The van der Waals surface area contributed by atoms with Crippen molar-refractivity contribution in [2.45, 2.75) is 25.8 Å². The molecule has 0 aliphatic carbocycles. The highest BCUT2D eigenvalue weighted by atomic mass is 16.5. The Morgan fingerprint density at radius 2 is 2.11 bits per heavy atom. The fourth-order valence-electron chi connectivity index (χ4n) is 2.32. The van der Waals surface area contributed by atoms with Gasteiger partial charge in [-0.3, -0.25) is 4.79 Å². The van der Waals surface area contributed by atoms with Crippen LogP contribution >= 0.6 is 0 Å². The van der Waals surface area contributed by atoms with E-state index < -0.39 is 5.54 Å². The van der Waals surface area contributed by atoms with Crippen LogP contribution < -0.4 is 4.90 Å². The maximum Gasteiger partial charge on any atom is 0.337 e. The minimum atomic E-state index is -0.505. The van der Waals surface area contributed by atoms with Gasteiger partial charge in [0.25, 0.3) is 0 Å². The Balaban J connectivity index is 2.35. The van der Waals surface area contributed by atoms with E-state index in [9.17, 15) is 9.59 Å². The van der Waals surface area contributed by atoms with Gasteiger partial charge in [0.1, 0.15) is 0 Å². The number of hydrogen-bond acceptors (Lipinski definition) is 4. The summed E-state index contributed by atoms with van der Waals surface area (Å²) in [7, 11) is 1.36. The number of Topliss-reactive ketones (excluding diaryl/α,β-unsaturated/α-hetero) is 1. The summed E-state index contributed by atoms with van der Waals surface area (Å²) in [5, 5.41) is 0. The third-order valence-electron chi connectivity index (χ3n) is 3.50. The monoisotopic (exact) mass is 247 g/mol. The predicted octanol–water partition coefficient (Wildman–Crippen LogP) is 2.03. The van der Waals surface area contributed by atoms with Crippen molar-refractivity contribution >= 4 is 17.4 Å². The van der Waals surface area contributed by atoms with Crippen LogP contribution in [0.25, 0.3) is 0 Å². The number of ether oxygens (including phenoxy) is 1. The van der Waals surface area contributed by atoms with Gasteiger partial charge in [-0.15, -0.1) is 0 Å². The highest BCUT2D eigenvalue weighted by molar-refractivity contribution is 5.95. The molecule has 1 aliphatic rings. The third-order valence-corrected chi connectivity index (χ3v) is 3.50. The van der Waals surface area contributed by atoms with Crippen molar-refractivity contribution in [3.05, 3.63) is 29.8 Å². The molecule has 0 amide bonds. The lowest BCUT2D eigenvalue weighted by Gasteiger charge is -2.32.